The first-order chi connectivity index (χ1) is 6.77. The number of rotatable bonds is 6. The van der Waals surface area contributed by atoms with E-state index in [-0.39, 0.29) is 5.76 Å². The fourth-order valence-electron chi connectivity index (χ4n) is 1.22. The summed E-state index contributed by atoms with van der Waals surface area (Å²) in [5, 5.41) is 0. The summed E-state index contributed by atoms with van der Waals surface area (Å²) in [5.74, 6) is 0.509. The summed E-state index contributed by atoms with van der Waals surface area (Å²) in [6.07, 6.45) is 5.50. The molecule has 0 aromatic carbocycles. The average molecular weight is 218 g/mol. The Balaban J connectivity index is 2.34. The highest BCUT2D eigenvalue weighted by atomic mass is 32.2. The van der Waals surface area contributed by atoms with Crippen LogP contribution in [-0.4, -0.2) is 10.5 Å². The van der Waals surface area contributed by atoms with Crippen molar-refractivity contribution in [2.75, 3.05) is 0 Å². The number of allylic oxidation sites excluding steroid dienone is 2. The van der Waals surface area contributed by atoms with Crippen molar-refractivity contribution in [2.24, 2.45) is 0 Å². The van der Waals surface area contributed by atoms with Gasteiger partial charge in [0.05, 0.1) is 0 Å². The average Bonchev–Trinajstić information content (AvgIpc) is 2.54. The van der Waals surface area contributed by atoms with Crippen LogP contribution in [0.2, 0.25) is 0 Å². The summed E-state index contributed by atoms with van der Waals surface area (Å²) in [6, 6.07) is 0. The van der Waals surface area contributed by atoms with Crippen LogP contribution >= 0.6 is 0 Å². The van der Waals surface area contributed by atoms with E-state index in [1.165, 1.54) is 0 Å². The standard InChI is InChI=1S/C9H14O4S/c1-2-3-4-5-6-8-9(7-10)13-14(11)12-8/h7H,2-6H2,1H3. The van der Waals surface area contributed by atoms with Crippen LogP contribution < -0.4 is 0 Å². The van der Waals surface area contributed by atoms with Crippen LogP contribution in [-0.2, 0) is 24.5 Å². The van der Waals surface area contributed by atoms with E-state index < -0.39 is 11.4 Å². The topological polar surface area (TPSA) is 52.6 Å². The summed E-state index contributed by atoms with van der Waals surface area (Å²) >= 11 is -1.80. The van der Waals surface area contributed by atoms with Gasteiger partial charge >= 0.3 is 11.4 Å². The maximum atomic E-state index is 10.8. The van der Waals surface area contributed by atoms with Gasteiger partial charge in [-0.2, -0.15) is 4.21 Å². The summed E-state index contributed by atoms with van der Waals surface area (Å²) < 4.78 is 20.3. The third kappa shape index (κ3) is 3.14. The molecule has 0 bridgehead atoms. The normalized spacial score (nSPS) is 20.5. The number of aldehydes is 1. The Morgan fingerprint density at radius 3 is 2.71 bits per heavy atom. The number of hydrogen-bond acceptors (Lipinski definition) is 4. The van der Waals surface area contributed by atoms with E-state index >= 15 is 0 Å². The van der Waals surface area contributed by atoms with Crippen molar-refractivity contribution in [1.29, 1.82) is 0 Å². The van der Waals surface area contributed by atoms with Crippen molar-refractivity contribution in [3.8, 4) is 0 Å². The fraction of sp³-hybridized carbons (Fsp3) is 0.667. The lowest BCUT2D eigenvalue weighted by molar-refractivity contribution is -0.106. The predicted molar refractivity (Wildman–Crippen MR) is 52.2 cm³/mol. The zero-order valence-electron chi connectivity index (χ0n) is 8.15. The largest absolute Gasteiger partial charge is 0.417 e. The van der Waals surface area contributed by atoms with Crippen molar-refractivity contribution in [3.63, 3.8) is 0 Å². The molecule has 1 unspecified atom stereocenters. The molecule has 0 aromatic heterocycles. The highest BCUT2D eigenvalue weighted by molar-refractivity contribution is 7.75. The van der Waals surface area contributed by atoms with Crippen LogP contribution in [0.15, 0.2) is 11.5 Å². The first-order valence-electron chi connectivity index (χ1n) is 4.74. The molecule has 5 heteroatoms. The van der Waals surface area contributed by atoms with Crippen molar-refractivity contribution in [2.45, 2.75) is 39.0 Å². The fourth-order valence-corrected chi connectivity index (χ4v) is 1.87. The van der Waals surface area contributed by atoms with Gasteiger partial charge < -0.3 is 8.37 Å². The van der Waals surface area contributed by atoms with Gasteiger partial charge in [-0.05, 0) is 6.42 Å². The van der Waals surface area contributed by atoms with Crippen molar-refractivity contribution < 1.29 is 17.4 Å². The predicted octanol–water partition coefficient (Wildman–Crippen LogP) is 1.99. The third-order valence-corrected chi connectivity index (χ3v) is 2.62. The lowest BCUT2D eigenvalue weighted by Crippen LogP contribution is -1.89. The molecule has 80 valence electrons. The second kappa shape index (κ2) is 5.80. The Morgan fingerprint density at radius 2 is 2.07 bits per heavy atom. The van der Waals surface area contributed by atoms with Gasteiger partial charge in [-0.1, -0.05) is 26.2 Å². The molecule has 14 heavy (non-hydrogen) atoms. The van der Waals surface area contributed by atoms with E-state index in [2.05, 4.69) is 11.1 Å². The molecule has 0 saturated heterocycles. The van der Waals surface area contributed by atoms with Crippen molar-refractivity contribution >= 4 is 17.6 Å². The van der Waals surface area contributed by atoms with Crippen LogP contribution in [0.1, 0.15) is 39.0 Å². The molecule has 0 amide bonds. The molecule has 0 spiro atoms. The minimum absolute atomic E-state index is 0.0832. The second-order valence-electron chi connectivity index (χ2n) is 3.09. The molecule has 0 aromatic rings. The highest BCUT2D eigenvalue weighted by Crippen LogP contribution is 2.23. The summed E-state index contributed by atoms with van der Waals surface area (Å²) in [7, 11) is 0. The Bertz CT molecular complexity index is 260. The molecule has 1 aliphatic rings. The minimum Gasteiger partial charge on any atom is -0.372 e. The van der Waals surface area contributed by atoms with E-state index in [4.69, 9.17) is 4.18 Å². The van der Waals surface area contributed by atoms with Gasteiger partial charge in [-0.3, -0.25) is 4.79 Å². The number of unbranched alkanes of at least 4 members (excludes halogenated alkanes) is 3. The first kappa shape index (κ1) is 11.2. The molecular weight excluding hydrogens is 204 g/mol. The van der Waals surface area contributed by atoms with Gasteiger partial charge in [0.1, 0.15) is 0 Å². The highest BCUT2D eigenvalue weighted by Gasteiger charge is 2.23. The van der Waals surface area contributed by atoms with Gasteiger partial charge in [0.15, 0.2) is 12.0 Å². The summed E-state index contributed by atoms with van der Waals surface area (Å²) in [4.78, 5) is 10.5. The zero-order valence-corrected chi connectivity index (χ0v) is 8.97. The van der Waals surface area contributed by atoms with E-state index in [0.29, 0.717) is 18.5 Å². The summed E-state index contributed by atoms with van der Waals surface area (Å²) in [5.41, 5.74) is 0. The minimum atomic E-state index is -1.80. The maximum absolute atomic E-state index is 10.8. The number of hydrogen-bond donors (Lipinski definition) is 0. The van der Waals surface area contributed by atoms with Gasteiger partial charge in [0, 0.05) is 6.42 Å². The Kier molecular flexibility index (Phi) is 4.65. The van der Waals surface area contributed by atoms with E-state index in [1.54, 1.807) is 0 Å². The Labute approximate surface area is 86.1 Å². The molecule has 1 heterocycles. The molecule has 0 N–H and O–H groups in total. The molecule has 0 fully saturated rings. The maximum Gasteiger partial charge on any atom is 0.417 e. The Hall–Kier alpha value is -0.840. The molecule has 1 rings (SSSR count). The van der Waals surface area contributed by atoms with Gasteiger partial charge in [0.2, 0.25) is 5.76 Å². The van der Waals surface area contributed by atoms with Crippen molar-refractivity contribution in [1.82, 2.24) is 0 Å². The second-order valence-corrected chi connectivity index (χ2v) is 3.83. The van der Waals surface area contributed by atoms with E-state index in [1.807, 2.05) is 0 Å². The van der Waals surface area contributed by atoms with Gasteiger partial charge in [0.25, 0.3) is 0 Å². The smallest absolute Gasteiger partial charge is 0.372 e. The first-order valence-corrected chi connectivity index (χ1v) is 5.74. The molecule has 4 nitrogen and oxygen atoms in total. The monoisotopic (exact) mass is 218 g/mol. The van der Waals surface area contributed by atoms with Crippen LogP contribution in [0.5, 0.6) is 0 Å². The van der Waals surface area contributed by atoms with Gasteiger partial charge in [-0.15, -0.1) is 0 Å². The molecule has 1 aliphatic heterocycles. The quantitative estimate of drug-likeness (QED) is 0.505. The zero-order chi connectivity index (χ0) is 10.4. The molecule has 0 aliphatic carbocycles. The van der Waals surface area contributed by atoms with E-state index in [9.17, 15) is 9.00 Å². The van der Waals surface area contributed by atoms with Crippen LogP contribution in [0.25, 0.3) is 0 Å². The number of carbonyl (C=O) groups is 1. The number of carbonyl (C=O) groups excluding carboxylic acids is 1. The SMILES string of the molecule is CCCCCCC1=C(C=O)OS(=O)O1. The van der Waals surface area contributed by atoms with Crippen LogP contribution in [0.3, 0.4) is 0 Å². The summed E-state index contributed by atoms with van der Waals surface area (Å²) in [6.45, 7) is 2.13. The third-order valence-electron chi connectivity index (χ3n) is 1.97. The molecular formula is C9H14O4S. The molecule has 0 radical (unpaired) electrons. The van der Waals surface area contributed by atoms with Gasteiger partial charge in [-0.25, -0.2) is 0 Å². The lowest BCUT2D eigenvalue weighted by atomic mass is 10.1. The molecule has 0 saturated carbocycles. The lowest BCUT2D eigenvalue weighted by Gasteiger charge is -1.98. The molecule has 1 atom stereocenters. The van der Waals surface area contributed by atoms with Crippen molar-refractivity contribution in [3.05, 3.63) is 11.5 Å². The van der Waals surface area contributed by atoms with Crippen LogP contribution in [0, 0.1) is 0 Å². The Morgan fingerprint density at radius 1 is 1.29 bits per heavy atom. The van der Waals surface area contributed by atoms with E-state index in [0.717, 1.165) is 25.7 Å². The van der Waals surface area contributed by atoms with Crippen LogP contribution in [0.4, 0.5) is 0 Å².